The number of halogens is 3. The molecule has 0 aliphatic carbocycles. The van der Waals surface area contributed by atoms with E-state index in [1.807, 2.05) is 12.1 Å². The highest BCUT2D eigenvalue weighted by atomic mass is 35.5. The van der Waals surface area contributed by atoms with Crippen LogP contribution in [0.1, 0.15) is 26.1 Å². The topological polar surface area (TPSA) is 25.8 Å². The van der Waals surface area contributed by atoms with Gasteiger partial charge in [0.2, 0.25) is 0 Å². The fourth-order valence-corrected chi connectivity index (χ4v) is 3.27. The largest absolute Gasteiger partial charge is 0.220 e. The maximum absolute atomic E-state index is 6.28. The Labute approximate surface area is 144 Å². The van der Waals surface area contributed by atoms with Crippen LogP contribution < -0.4 is 0 Å². The van der Waals surface area contributed by atoms with Gasteiger partial charge >= 0.3 is 0 Å². The lowest BCUT2D eigenvalue weighted by Gasteiger charge is -2.10. The molecule has 6 heteroatoms. The number of benzene rings is 1. The molecule has 21 heavy (non-hydrogen) atoms. The van der Waals surface area contributed by atoms with Gasteiger partial charge in [-0.3, -0.25) is 0 Å². The lowest BCUT2D eigenvalue weighted by molar-refractivity contribution is 0.901. The van der Waals surface area contributed by atoms with Gasteiger partial charge in [-0.25, -0.2) is 9.97 Å². The lowest BCUT2D eigenvalue weighted by Crippen LogP contribution is -2.00. The maximum atomic E-state index is 6.28. The van der Waals surface area contributed by atoms with Gasteiger partial charge in [0.15, 0.2) is 0 Å². The highest BCUT2D eigenvalue weighted by molar-refractivity contribution is 7.99. The van der Waals surface area contributed by atoms with Gasteiger partial charge in [-0.15, -0.1) is 0 Å². The Hall–Kier alpha value is -0.480. The predicted octanol–water partition coefficient (Wildman–Crippen LogP) is 6.14. The van der Waals surface area contributed by atoms with Crippen LogP contribution in [0.3, 0.4) is 0 Å². The number of aromatic nitrogens is 2. The van der Waals surface area contributed by atoms with Crippen LogP contribution in [0.5, 0.6) is 0 Å². The van der Waals surface area contributed by atoms with Crippen LogP contribution in [0.25, 0.3) is 11.1 Å². The number of thioether (sulfide) groups is 1. The molecule has 1 unspecified atom stereocenters. The summed E-state index contributed by atoms with van der Waals surface area (Å²) in [5, 5.41) is 1.96. The molecule has 2 rings (SSSR count). The fraction of sp³-hybridized carbons (Fsp3) is 0.333. The number of nitrogens with zero attached hydrogens (tertiary/aromatic N) is 2. The van der Waals surface area contributed by atoms with Gasteiger partial charge < -0.3 is 0 Å². The van der Waals surface area contributed by atoms with E-state index in [2.05, 4.69) is 23.8 Å². The summed E-state index contributed by atoms with van der Waals surface area (Å²) < 4.78 is 0. The Kier molecular flexibility index (Phi) is 6.18. The molecule has 112 valence electrons. The molecule has 2 aromatic rings. The van der Waals surface area contributed by atoms with E-state index in [1.165, 1.54) is 0 Å². The molecule has 0 spiro atoms. The molecule has 0 bridgehead atoms. The average molecular weight is 362 g/mol. The second-order valence-corrected chi connectivity index (χ2v) is 7.21. The first kappa shape index (κ1) is 16.9. The zero-order chi connectivity index (χ0) is 15.4. The van der Waals surface area contributed by atoms with Crippen molar-refractivity contribution in [1.29, 1.82) is 0 Å². The van der Waals surface area contributed by atoms with Crippen molar-refractivity contribution in [3.05, 3.63) is 45.4 Å². The summed E-state index contributed by atoms with van der Waals surface area (Å²) in [7, 11) is 0. The van der Waals surface area contributed by atoms with E-state index in [1.54, 1.807) is 23.9 Å². The smallest absolute Gasteiger partial charge is 0.142 e. The van der Waals surface area contributed by atoms with E-state index in [9.17, 15) is 0 Å². The van der Waals surface area contributed by atoms with Crippen LogP contribution in [0, 0.1) is 0 Å². The minimum absolute atomic E-state index is 0.372. The van der Waals surface area contributed by atoms with Crippen LogP contribution >= 0.6 is 46.6 Å². The summed E-state index contributed by atoms with van der Waals surface area (Å²) in [6.45, 7) is 4.33. The van der Waals surface area contributed by atoms with Gasteiger partial charge in [0.1, 0.15) is 16.1 Å². The Morgan fingerprint density at radius 3 is 2.14 bits per heavy atom. The lowest BCUT2D eigenvalue weighted by atomic mass is 10.1. The summed E-state index contributed by atoms with van der Waals surface area (Å²) in [6, 6.07) is 7.28. The predicted molar refractivity (Wildman–Crippen MR) is 93.5 cm³/mol. The SMILES string of the molecule is CCC(C)SCc1nc(Cl)c(-c2ccc(Cl)cc2)c(Cl)n1. The van der Waals surface area contributed by atoms with Crippen molar-refractivity contribution in [2.75, 3.05) is 0 Å². The summed E-state index contributed by atoms with van der Waals surface area (Å²) in [5.74, 6) is 1.36. The van der Waals surface area contributed by atoms with Crippen LogP contribution in [-0.4, -0.2) is 15.2 Å². The van der Waals surface area contributed by atoms with Crippen molar-refractivity contribution >= 4 is 46.6 Å². The molecular weight excluding hydrogens is 347 g/mol. The molecular formula is C15H15Cl3N2S. The Morgan fingerprint density at radius 2 is 1.62 bits per heavy atom. The van der Waals surface area contributed by atoms with E-state index in [0.29, 0.717) is 37.7 Å². The summed E-state index contributed by atoms with van der Waals surface area (Å²) in [5.41, 5.74) is 1.50. The molecule has 0 amide bonds. The summed E-state index contributed by atoms with van der Waals surface area (Å²) in [4.78, 5) is 8.71. The van der Waals surface area contributed by atoms with Gasteiger partial charge in [0.25, 0.3) is 0 Å². The van der Waals surface area contributed by atoms with Crippen molar-refractivity contribution in [3.63, 3.8) is 0 Å². The van der Waals surface area contributed by atoms with Crippen molar-refractivity contribution in [2.24, 2.45) is 0 Å². The quantitative estimate of drug-likeness (QED) is 0.598. The van der Waals surface area contributed by atoms with Crippen molar-refractivity contribution in [3.8, 4) is 11.1 Å². The minimum Gasteiger partial charge on any atom is -0.220 e. The number of hydrogen-bond acceptors (Lipinski definition) is 3. The Balaban J connectivity index is 2.27. The third-order valence-corrected chi connectivity index (χ3v) is 5.20. The van der Waals surface area contributed by atoms with Crippen molar-refractivity contribution in [2.45, 2.75) is 31.3 Å². The highest BCUT2D eigenvalue weighted by Gasteiger charge is 2.14. The zero-order valence-electron chi connectivity index (χ0n) is 11.7. The first-order valence-corrected chi connectivity index (χ1v) is 8.79. The minimum atomic E-state index is 0.372. The number of rotatable bonds is 5. The molecule has 1 heterocycles. The molecule has 0 saturated carbocycles. The summed E-state index contributed by atoms with van der Waals surface area (Å²) in [6.07, 6.45) is 1.11. The molecule has 2 nitrogen and oxygen atoms in total. The third kappa shape index (κ3) is 4.49. The van der Waals surface area contributed by atoms with Gasteiger partial charge in [0, 0.05) is 10.3 Å². The molecule has 0 saturated heterocycles. The maximum Gasteiger partial charge on any atom is 0.142 e. The Bertz CT molecular complexity index is 594. The van der Waals surface area contributed by atoms with Crippen LogP contribution in [-0.2, 0) is 5.75 Å². The van der Waals surface area contributed by atoms with E-state index >= 15 is 0 Å². The molecule has 0 aliphatic rings. The van der Waals surface area contributed by atoms with Crippen molar-refractivity contribution < 1.29 is 0 Å². The molecule has 0 N–H and O–H groups in total. The van der Waals surface area contributed by atoms with E-state index in [0.717, 1.165) is 12.0 Å². The molecule has 1 aromatic heterocycles. The zero-order valence-corrected chi connectivity index (χ0v) is 14.8. The fourth-order valence-electron chi connectivity index (χ4n) is 1.70. The standard InChI is InChI=1S/C15H15Cl3N2S/c1-3-9(2)21-8-12-19-14(17)13(15(18)20-12)10-4-6-11(16)7-5-10/h4-7,9H,3,8H2,1-2H3. The van der Waals surface area contributed by atoms with Crippen LogP contribution in [0.2, 0.25) is 15.3 Å². The van der Waals surface area contributed by atoms with Crippen molar-refractivity contribution in [1.82, 2.24) is 9.97 Å². The van der Waals surface area contributed by atoms with E-state index in [-0.39, 0.29) is 0 Å². The first-order valence-electron chi connectivity index (χ1n) is 6.60. The highest BCUT2D eigenvalue weighted by Crippen LogP contribution is 2.33. The second kappa shape index (κ2) is 7.68. The number of hydrogen-bond donors (Lipinski definition) is 0. The normalized spacial score (nSPS) is 12.4. The first-order chi connectivity index (χ1) is 10.0. The molecule has 0 fully saturated rings. The van der Waals surface area contributed by atoms with E-state index < -0.39 is 0 Å². The summed E-state index contributed by atoms with van der Waals surface area (Å²) >= 11 is 20.2. The van der Waals surface area contributed by atoms with Gasteiger partial charge in [-0.1, -0.05) is 60.8 Å². The van der Waals surface area contributed by atoms with Gasteiger partial charge in [-0.05, 0) is 24.1 Å². The van der Waals surface area contributed by atoms with Crippen LogP contribution in [0.4, 0.5) is 0 Å². The average Bonchev–Trinajstić information content (AvgIpc) is 2.46. The second-order valence-electron chi connectivity index (χ2n) is 4.63. The van der Waals surface area contributed by atoms with Crippen LogP contribution in [0.15, 0.2) is 24.3 Å². The van der Waals surface area contributed by atoms with Gasteiger partial charge in [-0.2, -0.15) is 11.8 Å². The van der Waals surface area contributed by atoms with Gasteiger partial charge in [0.05, 0.1) is 11.3 Å². The monoisotopic (exact) mass is 360 g/mol. The Morgan fingerprint density at radius 1 is 1.05 bits per heavy atom. The third-order valence-electron chi connectivity index (χ3n) is 3.07. The van der Waals surface area contributed by atoms with E-state index in [4.69, 9.17) is 34.8 Å². The molecule has 1 aromatic carbocycles. The molecule has 0 radical (unpaired) electrons. The molecule has 0 aliphatic heterocycles. The molecule has 1 atom stereocenters.